The number of hydrogen-bond donors (Lipinski definition) is 0. The lowest BCUT2D eigenvalue weighted by Crippen LogP contribution is -1.82. The topological polar surface area (TPSA) is 38.7 Å². The zero-order valence-electron chi connectivity index (χ0n) is 8.71. The Morgan fingerprint density at radius 2 is 2.06 bits per heavy atom. The van der Waals surface area contributed by atoms with Gasteiger partial charge >= 0.3 is 0 Å². The van der Waals surface area contributed by atoms with Gasteiger partial charge in [-0.05, 0) is 25.1 Å². The van der Waals surface area contributed by atoms with Crippen LogP contribution < -0.4 is 0 Å². The van der Waals surface area contributed by atoms with E-state index in [-0.39, 0.29) is 0 Å². The van der Waals surface area contributed by atoms with Gasteiger partial charge in [-0.25, -0.2) is 15.0 Å². The Balaban J connectivity index is 2.18. The largest absolute Gasteiger partial charge is 0.244 e. The number of thiazole rings is 1. The first-order valence-corrected chi connectivity index (χ1v) is 5.77. The van der Waals surface area contributed by atoms with E-state index >= 15 is 0 Å². The average molecular weight is 227 g/mol. The molecule has 2 heterocycles. The number of hydrogen-bond acceptors (Lipinski definition) is 4. The third-order valence-electron chi connectivity index (χ3n) is 2.37. The van der Waals surface area contributed by atoms with Gasteiger partial charge in [0.05, 0.1) is 5.52 Å². The predicted octanol–water partition coefficient (Wildman–Crippen LogP) is 3.06. The Kier molecular flexibility index (Phi) is 2.15. The molecular weight excluding hydrogens is 218 g/mol. The Morgan fingerprint density at radius 3 is 2.88 bits per heavy atom. The number of rotatable bonds is 1. The normalized spacial score (nSPS) is 10.8. The first kappa shape index (κ1) is 9.42. The van der Waals surface area contributed by atoms with Crippen LogP contribution in [0, 0.1) is 6.92 Å². The van der Waals surface area contributed by atoms with Crippen LogP contribution in [0.4, 0.5) is 0 Å². The monoisotopic (exact) mass is 227 g/mol. The highest BCUT2D eigenvalue weighted by atomic mass is 32.1. The van der Waals surface area contributed by atoms with Crippen molar-refractivity contribution in [2.75, 3.05) is 0 Å². The van der Waals surface area contributed by atoms with Crippen molar-refractivity contribution < 1.29 is 0 Å². The summed E-state index contributed by atoms with van der Waals surface area (Å²) in [6.45, 7) is 2.06. The van der Waals surface area contributed by atoms with E-state index in [1.807, 2.05) is 24.5 Å². The second-order valence-corrected chi connectivity index (χ2v) is 4.81. The molecule has 3 aromatic rings. The minimum Gasteiger partial charge on any atom is -0.244 e. The van der Waals surface area contributed by atoms with Crippen molar-refractivity contribution in [3.05, 3.63) is 41.8 Å². The van der Waals surface area contributed by atoms with E-state index in [0.717, 1.165) is 21.5 Å². The van der Waals surface area contributed by atoms with Gasteiger partial charge in [-0.1, -0.05) is 0 Å². The summed E-state index contributed by atoms with van der Waals surface area (Å²) in [7, 11) is 0. The quantitative estimate of drug-likeness (QED) is 0.641. The molecule has 0 unspecified atom stereocenters. The van der Waals surface area contributed by atoms with Crippen LogP contribution in [-0.4, -0.2) is 15.0 Å². The highest BCUT2D eigenvalue weighted by molar-refractivity contribution is 7.14. The molecule has 0 aliphatic rings. The highest BCUT2D eigenvalue weighted by Gasteiger charge is 2.03. The van der Waals surface area contributed by atoms with Crippen molar-refractivity contribution in [1.82, 2.24) is 15.0 Å². The van der Waals surface area contributed by atoms with E-state index in [9.17, 15) is 0 Å². The summed E-state index contributed by atoms with van der Waals surface area (Å²) in [6, 6.07) is 6.13. The number of fused-ring (bicyclic) bond motifs is 1. The molecule has 0 radical (unpaired) electrons. The molecule has 0 atom stereocenters. The molecule has 78 valence electrons. The maximum Gasteiger partial charge on any atom is 0.123 e. The second kappa shape index (κ2) is 3.64. The standard InChI is InChI=1S/C12H9N3S/c1-8-5-14-12(16-8)9-2-3-11-10(4-9)6-13-7-15-11/h2-7H,1H3. The van der Waals surface area contributed by atoms with Crippen LogP contribution in [0.15, 0.2) is 36.9 Å². The molecule has 0 bridgehead atoms. The summed E-state index contributed by atoms with van der Waals surface area (Å²) >= 11 is 1.70. The zero-order chi connectivity index (χ0) is 11.0. The first-order valence-electron chi connectivity index (χ1n) is 4.95. The molecule has 3 nitrogen and oxygen atoms in total. The molecule has 1 aromatic carbocycles. The molecule has 0 saturated carbocycles. The fraction of sp³-hybridized carbons (Fsp3) is 0.0833. The molecule has 0 fully saturated rings. The Hall–Kier alpha value is -1.81. The molecule has 4 heteroatoms. The number of benzene rings is 1. The fourth-order valence-corrected chi connectivity index (χ4v) is 2.37. The highest BCUT2D eigenvalue weighted by Crippen LogP contribution is 2.26. The van der Waals surface area contributed by atoms with Crippen molar-refractivity contribution >= 4 is 22.2 Å². The van der Waals surface area contributed by atoms with Crippen LogP contribution in [-0.2, 0) is 0 Å². The molecular formula is C12H9N3S. The SMILES string of the molecule is Cc1cnc(-c2ccc3ncncc3c2)s1. The predicted molar refractivity (Wildman–Crippen MR) is 65.4 cm³/mol. The number of nitrogens with zero attached hydrogens (tertiary/aromatic N) is 3. The molecule has 0 amide bonds. The van der Waals surface area contributed by atoms with Crippen LogP contribution >= 0.6 is 11.3 Å². The van der Waals surface area contributed by atoms with Crippen LogP contribution in [0.3, 0.4) is 0 Å². The minimum atomic E-state index is 0.965. The fourth-order valence-electron chi connectivity index (χ4n) is 1.61. The third kappa shape index (κ3) is 1.57. The molecule has 0 aliphatic carbocycles. The van der Waals surface area contributed by atoms with E-state index < -0.39 is 0 Å². The van der Waals surface area contributed by atoms with Gasteiger partial charge in [-0.2, -0.15) is 0 Å². The molecule has 0 spiro atoms. The summed E-state index contributed by atoms with van der Waals surface area (Å²) in [6.07, 6.45) is 5.29. The number of aryl methyl sites for hydroxylation is 1. The van der Waals surface area contributed by atoms with Gasteiger partial charge in [0, 0.05) is 28.2 Å². The number of aromatic nitrogens is 3. The summed E-state index contributed by atoms with van der Waals surface area (Å²) in [4.78, 5) is 13.8. The summed E-state index contributed by atoms with van der Waals surface area (Å²) in [5.74, 6) is 0. The van der Waals surface area contributed by atoms with Crippen molar-refractivity contribution in [1.29, 1.82) is 0 Å². The lowest BCUT2D eigenvalue weighted by Gasteiger charge is -1.98. The molecule has 16 heavy (non-hydrogen) atoms. The van der Waals surface area contributed by atoms with E-state index in [4.69, 9.17) is 0 Å². The van der Waals surface area contributed by atoms with E-state index in [1.54, 1.807) is 17.7 Å². The van der Waals surface area contributed by atoms with Crippen LogP contribution in [0.1, 0.15) is 4.88 Å². The Labute approximate surface area is 96.8 Å². The van der Waals surface area contributed by atoms with E-state index in [1.165, 1.54) is 4.88 Å². The second-order valence-electron chi connectivity index (χ2n) is 3.57. The lowest BCUT2D eigenvalue weighted by molar-refractivity contribution is 1.22. The van der Waals surface area contributed by atoms with Crippen LogP contribution in [0.2, 0.25) is 0 Å². The Bertz CT molecular complexity index is 645. The van der Waals surface area contributed by atoms with Gasteiger partial charge < -0.3 is 0 Å². The van der Waals surface area contributed by atoms with Gasteiger partial charge in [0.1, 0.15) is 11.3 Å². The van der Waals surface area contributed by atoms with Gasteiger partial charge in [0.25, 0.3) is 0 Å². The molecule has 0 aliphatic heterocycles. The maximum atomic E-state index is 4.37. The van der Waals surface area contributed by atoms with Crippen LogP contribution in [0.5, 0.6) is 0 Å². The van der Waals surface area contributed by atoms with Gasteiger partial charge in [0.15, 0.2) is 0 Å². The Morgan fingerprint density at radius 1 is 1.12 bits per heavy atom. The molecule has 0 N–H and O–H groups in total. The first-order chi connectivity index (χ1) is 7.83. The van der Waals surface area contributed by atoms with E-state index in [2.05, 4.69) is 27.9 Å². The minimum absolute atomic E-state index is 0.965. The van der Waals surface area contributed by atoms with Crippen molar-refractivity contribution in [3.8, 4) is 10.6 Å². The molecule has 2 aromatic heterocycles. The molecule has 3 rings (SSSR count). The van der Waals surface area contributed by atoms with Crippen molar-refractivity contribution in [2.45, 2.75) is 6.92 Å². The van der Waals surface area contributed by atoms with Gasteiger partial charge in [-0.15, -0.1) is 11.3 Å². The molecule has 0 saturated heterocycles. The van der Waals surface area contributed by atoms with Crippen LogP contribution in [0.25, 0.3) is 21.5 Å². The summed E-state index contributed by atoms with van der Waals surface area (Å²) < 4.78 is 0. The maximum absolute atomic E-state index is 4.37. The van der Waals surface area contributed by atoms with Gasteiger partial charge in [-0.3, -0.25) is 0 Å². The van der Waals surface area contributed by atoms with Crippen molar-refractivity contribution in [3.63, 3.8) is 0 Å². The van der Waals surface area contributed by atoms with Gasteiger partial charge in [0.2, 0.25) is 0 Å². The smallest absolute Gasteiger partial charge is 0.123 e. The average Bonchev–Trinajstić information content (AvgIpc) is 2.75. The third-order valence-corrected chi connectivity index (χ3v) is 3.33. The summed E-state index contributed by atoms with van der Waals surface area (Å²) in [5.41, 5.74) is 2.09. The van der Waals surface area contributed by atoms with E-state index in [0.29, 0.717) is 0 Å². The van der Waals surface area contributed by atoms with Crippen molar-refractivity contribution in [2.24, 2.45) is 0 Å². The summed E-state index contributed by atoms with van der Waals surface area (Å²) in [5, 5.41) is 2.09. The lowest BCUT2D eigenvalue weighted by atomic mass is 10.1. The zero-order valence-corrected chi connectivity index (χ0v) is 9.53.